The monoisotopic (exact) mass is 484 g/mol. The highest BCUT2D eigenvalue weighted by Gasteiger charge is 2.43. The van der Waals surface area contributed by atoms with E-state index in [0.717, 1.165) is 10.8 Å². The van der Waals surface area contributed by atoms with Crippen molar-refractivity contribution < 1.29 is 22.7 Å². The molecule has 7 nitrogen and oxygen atoms in total. The number of nitrogens with zero attached hydrogens (tertiary/aromatic N) is 1. The number of amides is 1. The van der Waals surface area contributed by atoms with Crippen molar-refractivity contribution in [3.8, 4) is 0 Å². The van der Waals surface area contributed by atoms with Crippen LogP contribution in [0.5, 0.6) is 0 Å². The Morgan fingerprint density at radius 2 is 1.82 bits per heavy atom. The first-order valence-corrected chi connectivity index (χ1v) is 12.5. The van der Waals surface area contributed by atoms with Gasteiger partial charge in [-0.1, -0.05) is 36.4 Å². The van der Waals surface area contributed by atoms with E-state index in [1.54, 1.807) is 43.3 Å². The number of ether oxygens (including phenoxy) is 1. The van der Waals surface area contributed by atoms with Gasteiger partial charge in [-0.25, -0.2) is 13.2 Å². The molecule has 0 radical (unpaired) electrons. The molecule has 172 valence electrons. The number of fused-ring (bicyclic) bond motifs is 1. The summed E-state index contributed by atoms with van der Waals surface area (Å²) < 4.78 is 33.1. The molecular formula is C24H24N2O5S2. The standard InChI is InChI=1S/C24H24N2O5S2/c1-2-31-24(28)18-8-5-9-19(12-18)25-23(27)22-14-20(32)15-26(22)33(29,30)21-11-10-16-6-3-4-7-17(16)13-21/h3-13,20,22,32H,2,14-15H2,1H3,(H,25,27)/t20-,22-/m0/s1. The number of esters is 1. The number of nitrogens with one attached hydrogen (secondary N) is 1. The van der Waals surface area contributed by atoms with E-state index >= 15 is 0 Å². The van der Waals surface area contributed by atoms with E-state index in [9.17, 15) is 18.0 Å². The van der Waals surface area contributed by atoms with Crippen molar-refractivity contribution in [3.63, 3.8) is 0 Å². The highest BCUT2D eigenvalue weighted by atomic mass is 32.2. The second kappa shape index (κ2) is 9.54. The highest BCUT2D eigenvalue weighted by molar-refractivity contribution is 7.89. The van der Waals surface area contributed by atoms with Gasteiger partial charge in [0.05, 0.1) is 17.1 Å². The van der Waals surface area contributed by atoms with Gasteiger partial charge in [0.25, 0.3) is 0 Å². The molecule has 0 unspecified atom stereocenters. The minimum absolute atomic E-state index is 0.124. The van der Waals surface area contributed by atoms with E-state index in [0.29, 0.717) is 11.3 Å². The van der Waals surface area contributed by atoms with Crippen molar-refractivity contribution in [1.82, 2.24) is 4.31 Å². The molecule has 0 spiro atoms. The maximum Gasteiger partial charge on any atom is 0.338 e. The van der Waals surface area contributed by atoms with E-state index < -0.39 is 27.9 Å². The minimum Gasteiger partial charge on any atom is -0.462 e. The van der Waals surface area contributed by atoms with Gasteiger partial charge in [0.2, 0.25) is 15.9 Å². The molecule has 0 saturated carbocycles. The summed E-state index contributed by atoms with van der Waals surface area (Å²) in [5.74, 6) is -0.970. The molecule has 0 bridgehead atoms. The number of rotatable bonds is 6. The SMILES string of the molecule is CCOC(=O)c1cccc(NC(=O)[C@@H]2C[C@H](S)CN2S(=O)(=O)c2ccc3ccccc3c2)c1. The average molecular weight is 485 g/mol. The fourth-order valence-corrected chi connectivity index (χ4v) is 6.08. The fourth-order valence-electron chi connectivity index (χ4n) is 3.92. The summed E-state index contributed by atoms with van der Waals surface area (Å²) in [7, 11) is -3.93. The van der Waals surface area contributed by atoms with Crippen LogP contribution in [0.25, 0.3) is 10.8 Å². The van der Waals surface area contributed by atoms with Crippen molar-refractivity contribution in [1.29, 1.82) is 0 Å². The molecular weight excluding hydrogens is 460 g/mol. The van der Waals surface area contributed by atoms with Gasteiger partial charge in [-0.2, -0.15) is 16.9 Å². The molecule has 1 N–H and O–H groups in total. The van der Waals surface area contributed by atoms with Crippen LogP contribution in [0.3, 0.4) is 0 Å². The second-order valence-electron chi connectivity index (χ2n) is 7.78. The maximum atomic E-state index is 13.5. The molecule has 3 aromatic carbocycles. The Balaban J connectivity index is 1.58. The topological polar surface area (TPSA) is 92.8 Å². The number of thiol groups is 1. The molecule has 9 heteroatoms. The molecule has 1 aliphatic rings. The van der Waals surface area contributed by atoms with Crippen molar-refractivity contribution >= 4 is 51.0 Å². The summed E-state index contributed by atoms with van der Waals surface area (Å²) in [5, 5.41) is 4.20. The van der Waals surface area contributed by atoms with Crippen LogP contribution in [0.4, 0.5) is 5.69 Å². The molecule has 1 fully saturated rings. The quantitative estimate of drug-likeness (QED) is 0.411. The van der Waals surface area contributed by atoms with Crippen LogP contribution in [-0.4, -0.2) is 49.0 Å². The summed E-state index contributed by atoms with van der Waals surface area (Å²) in [4.78, 5) is 25.2. The zero-order chi connectivity index (χ0) is 23.6. The molecule has 4 rings (SSSR count). The summed E-state index contributed by atoms with van der Waals surface area (Å²) >= 11 is 4.45. The van der Waals surface area contributed by atoms with E-state index in [2.05, 4.69) is 17.9 Å². The number of carbonyl (C=O) groups is 2. The minimum atomic E-state index is -3.93. The number of benzene rings is 3. The van der Waals surface area contributed by atoms with Gasteiger partial charge < -0.3 is 10.1 Å². The van der Waals surface area contributed by atoms with Gasteiger partial charge in [-0.15, -0.1) is 0 Å². The Kier molecular flexibility index (Phi) is 6.73. The number of carbonyl (C=O) groups excluding carboxylic acids is 2. The van der Waals surface area contributed by atoms with E-state index in [-0.39, 0.29) is 29.7 Å². The Hall–Kier alpha value is -2.88. The lowest BCUT2D eigenvalue weighted by atomic mass is 10.1. The van der Waals surface area contributed by atoms with Crippen LogP contribution in [0, 0.1) is 0 Å². The third-order valence-corrected chi connectivity index (χ3v) is 7.75. The predicted molar refractivity (Wildman–Crippen MR) is 130 cm³/mol. The summed E-state index contributed by atoms with van der Waals surface area (Å²) in [6, 6.07) is 17.9. The van der Waals surface area contributed by atoms with Crippen LogP contribution >= 0.6 is 12.6 Å². The van der Waals surface area contributed by atoms with Crippen molar-refractivity contribution in [2.45, 2.75) is 29.5 Å². The smallest absolute Gasteiger partial charge is 0.338 e. The van der Waals surface area contributed by atoms with Crippen LogP contribution in [-0.2, 0) is 19.6 Å². The number of hydrogen-bond donors (Lipinski definition) is 2. The normalized spacial score (nSPS) is 18.8. The molecule has 1 aliphatic heterocycles. The molecule has 0 aliphatic carbocycles. The van der Waals surface area contributed by atoms with Gasteiger partial charge in [0.1, 0.15) is 6.04 Å². The Morgan fingerprint density at radius 1 is 1.06 bits per heavy atom. The van der Waals surface area contributed by atoms with Crippen LogP contribution in [0.1, 0.15) is 23.7 Å². The Morgan fingerprint density at radius 3 is 2.58 bits per heavy atom. The van der Waals surface area contributed by atoms with Crippen LogP contribution < -0.4 is 5.32 Å². The van der Waals surface area contributed by atoms with Crippen molar-refractivity contribution in [2.24, 2.45) is 0 Å². The zero-order valence-electron chi connectivity index (χ0n) is 18.0. The number of sulfonamides is 1. The summed E-state index contributed by atoms with van der Waals surface area (Å²) in [6.45, 7) is 2.07. The van der Waals surface area contributed by atoms with Crippen molar-refractivity contribution in [2.75, 3.05) is 18.5 Å². The molecule has 3 aromatic rings. The largest absolute Gasteiger partial charge is 0.462 e. The third-order valence-electron chi connectivity index (χ3n) is 5.51. The second-order valence-corrected chi connectivity index (χ2v) is 10.4. The van der Waals surface area contributed by atoms with Crippen molar-refractivity contribution in [3.05, 3.63) is 72.3 Å². The molecule has 2 atom stereocenters. The first-order chi connectivity index (χ1) is 15.8. The summed E-state index contributed by atoms with van der Waals surface area (Å²) in [6.07, 6.45) is 0.277. The maximum absolute atomic E-state index is 13.5. The zero-order valence-corrected chi connectivity index (χ0v) is 19.7. The molecule has 0 aromatic heterocycles. The molecule has 33 heavy (non-hydrogen) atoms. The lowest BCUT2D eigenvalue weighted by Gasteiger charge is -2.23. The molecule has 1 amide bonds. The first-order valence-electron chi connectivity index (χ1n) is 10.6. The highest BCUT2D eigenvalue weighted by Crippen LogP contribution is 2.31. The predicted octanol–water partition coefficient (Wildman–Crippen LogP) is 3.72. The van der Waals surface area contributed by atoms with E-state index in [1.165, 1.54) is 10.4 Å². The average Bonchev–Trinajstić information content (AvgIpc) is 3.22. The van der Waals surface area contributed by atoms with Gasteiger partial charge in [0.15, 0.2) is 0 Å². The Bertz CT molecular complexity index is 1310. The molecule has 1 heterocycles. The fraction of sp³-hybridized carbons (Fsp3) is 0.250. The first kappa shape index (κ1) is 23.3. The third kappa shape index (κ3) is 4.90. The van der Waals surface area contributed by atoms with Crippen LogP contribution in [0.2, 0.25) is 0 Å². The summed E-state index contributed by atoms with van der Waals surface area (Å²) in [5.41, 5.74) is 0.685. The van der Waals surface area contributed by atoms with Gasteiger partial charge in [0, 0.05) is 17.5 Å². The lowest BCUT2D eigenvalue weighted by molar-refractivity contribution is -0.119. The Labute approximate surface area is 198 Å². The number of hydrogen-bond acceptors (Lipinski definition) is 6. The van der Waals surface area contributed by atoms with Gasteiger partial charge in [-0.05, 0) is 54.4 Å². The lowest BCUT2D eigenvalue weighted by Crippen LogP contribution is -2.43. The van der Waals surface area contributed by atoms with Crippen LogP contribution in [0.15, 0.2) is 71.6 Å². The molecule has 1 saturated heterocycles. The number of anilines is 1. The van der Waals surface area contributed by atoms with E-state index in [1.807, 2.05) is 24.3 Å². The van der Waals surface area contributed by atoms with Gasteiger partial charge >= 0.3 is 5.97 Å². The van der Waals surface area contributed by atoms with E-state index in [4.69, 9.17) is 4.74 Å². The van der Waals surface area contributed by atoms with Gasteiger partial charge in [-0.3, -0.25) is 4.79 Å².